The molecular weight excluding hydrogens is 250 g/mol. The van der Waals surface area contributed by atoms with E-state index in [0.29, 0.717) is 17.2 Å². The number of carbonyl (C=O) groups is 1. The van der Waals surface area contributed by atoms with Crippen LogP contribution in [0.25, 0.3) is 0 Å². The Labute approximate surface area is 108 Å². The zero-order valence-corrected chi connectivity index (χ0v) is 10.1. The molecule has 98 valence electrons. The van der Waals surface area contributed by atoms with Crippen molar-refractivity contribution in [3.63, 3.8) is 0 Å². The fourth-order valence-electron chi connectivity index (χ4n) is 1.69. The predicted octanol–water partition coefficient (Wildman–Crippen LogP) is 1.16. The Balaban J connectivity index is 1.71. The standard InChI is InChI=1S/C12H11N3O4/c1-7-11(15-19-14-7)13-12(16)10-6-17-8-4-2-3-5-9(8)18-10/h2-5,10H,6H2,1H3,(H,13,15,16)/t10-/m0/s1. The Morgan fingerprint density at radius 2 is 2.11 bits per heavy atom. The maximum atomic E-state index is 12.0. The summed E-state index contributed by atoms with van der Waals surface area (Å²) in [5.74, 6) is 1.11. The number of anilines is 1. The normalized spacial score (nSPS) is 17.0. The van der Waals surface area contributed by atoms with Gasteiger partial charge in [-0.25, -0.2) is 4.63 Å². The number of benzene rings is 1. The van der Waals surface area contributed by atoms with Gasteiger partial charge in [-0.1, -0.05) is 17.3 Å². The van der Waals surface area contributed by atoms with E-state index in [1.807, 2.05) is 12.1 Å². The molecule has 0 saturated heterocycles. The van der Waals surface area contributed by atoms with E-state index in [1.165, 1.54) is 0 Å². The predicted molar refractivity (Wildman–Crippen MR) is 64.0 cm³/mol. The van der Waals surface area contributed by atoms with E-state index in [1.54, 1.807) is 19.1 Å². The SMILES string of the molecule is Cc1nonc1NC(=O)[C@@H]1COc2ccccc2O1. The Kier molecular flexibility index (Phi) is 2.79. The number of hydrogen-bond acceptors (Lipinski definition) is 6. The number of hydrogen-bond donors (Lipinski definition) is 1. The van der Waals surface area contributed by atoms with Gasteiger partial charge in [-0.05, 0) is 24.2 Å². The highest BCUT2D eigenvalue weighted by atomic mass is 16.6. The second-order valence-electron chi connectivity index (χ2n) is 4.05. The molecule has 0 fully saturated rings. The van der Waals surface area contributed by atoms with Crippen LogP contribution in [0.3, 0.4) is 0 Å². The second kappa shape index (κ2) is 4.60. The summed E-state index contributed by atoms with van der Waals surface area (Å²) in [5, 5.41) is 9.74. The van der Waals surface area contributed by atoms with Crippen molar-refractivity contribution in [2.75, 3.05) is 11.9 Å². The van der Waals surface area contributed by atoms with E-state index < -0.39 is 6.10 Å². The number of aryl methyl sites for hydroxylation is 1. The molecule has 1 atom stereocenters. The Morgan fingerprint density at radius 3 is 2.84 bits per heavy atom. The van der Waals surface area contributed by atoms with Crippen LogP contribution in [-0.2, 0) is 4.79 Å². The summed E-state index contributed by atoms with van der Waals surface area (Å²) in [7, 11) is 0. The molecule has 2 heterocycles. The average Bonchev–Trinajstić information content (AvgIpc) is 2.84. The fourth-order valence-corrected chi connectivity index (χ4v) is 1.69. The lowest BCUT2D eigenvalue weighted by molar-refractivity contribution is -0.125. The van der Waals surface area contributed by atoms with Crippen molar-refractivity contribution >= 4 is 11.7 Å². The van der Waals surface area contributed by atoms with Crippen molar-refractivity contribution in [1.29, 1.82) is 0 Å². The summed E-state index contributed by atoms with van der Waals surface area (Å²) < 4.78 is 15.5. The van der Waals surface area contributed by atoms with Gasteiger partial charge in [0.25, 0.3) is 5.91 Å². The minimum atomic E-state index is -0.731. The summed E-state index contributed by atoms with van der Waals surface area (Å²) in [5.41, 5.74) is 0.505. The minimum absolute atomic E-state index is 0.146. The van der Waals surface area contributed by atoms with Gasteiger partial charge in [0.05, 0.1) is 0 Å². The van der Waals surface area contributed by atoms with Crippen LogP contribution in [0.4, 0.5) is 5.82 Å². The summed E-state index contributed by atoms with van der Waals surface area (Å²) >= 11 is 0. The fraction of sp³-hybridized carbons (Fsp3) is 0.250. The lowest BCUT2D eigenvalue weighted by Gasteiger charge is -2.25. The molecule has 19 heavy (non-hydrogen) atoms. The maximum absolute atomic E-state index is 12.0. The molecule has 1 aromatic heterocycles. The third-order valence-electron chi connectivity index (χ3n) is 2.70. The van der Waals surface area contributed by atoms with Gasteiger partial charge in [0.2, 0.25) is 6.10 Å². The van der Waals surface area contributed by atoms with E-state index in [9.17, 15) is 4.79 Å². The maximum Gasteiger partial charge on any atom is 0.270 e. The highest BCUT2D eigenvalue weighted by Gasteiger charge is 2.28. The Hall–Kier alpha value is -2.57. The zero-order chi connectivity index (χ0) is 13.2. The van der Waals surface area contributed by atoms with E-state index in [4.69, 9.17) is 9.47 Å². The third-order valence-corrected chi connectivity index (χ3v) is 2.70. The van der Waals surface area contributed by atoms with Gasteiger partial charge in [0.15, 0.2) is 17.3 Å². The number of nitrogens with one attached hydrogen (secondary N) is 1. The molecule has 0 bridgehead atoms. The van der Waals surface area contributed by atoms with Gasteiger partial charge in [-0.3, -0.25) is 4.79 Å². The first-order valence-corrected chi connectivity index (χ1v) is 5.72. The molecule has 7 nitrogen and oxygen atoms in total. The molecule has 1 aliphatic heterocycles. The van der Waals surface area contributed by atoms with Crippen molar-refractivity contribution < 1.29 is 18.9 Å². The zero-order valence-electron chi connectivity index (χ0n) is 10.1. The molecule has 0 spiro atoms. The van der Waals surface area contributed by atoms with E-state index >= 15 is 0 Å². The number of fused-ring (bicyclic) bond motifs is 1. The second-order valence-corrected chi connectivity index (χ2v) is 4.05. The number of rotatable bonds is 2. The van der Waals surface area contributed by atoms with E-state index in [2.05, 4.69) is 20.3 Å². The van der Waals surface area contributed by atoms with E-state index in [-0.39, 0.29) is 18.3 Å². The Morgan fingerprint density at radius 1 is 1.32 bits per heavy atom. The van der Waals surface area contributed by atoms with Crippen LogP contribution >= 0.6 is 0 Å². The van der Waals surface area contributed by atoms with Crippen LogP contribution in [0.2, 0.25) is 0 Å². The highest BCUT2D eigenvalue weighted by Crippen LogP contribution is 2.31. The third kappa shape index (κ3) is 2.22. The molecule has 0 aliphatic carbocycles. The molecule has 1 amide bonds. The van der Waals surface area contributed by atoms with Gasteiger partial charge in [0, 0.05) is 0 Å². The Bertz CT molecular complexity index is 611. The number of ether oxygens (including phenoxy) is 2. The summed E-state index contributed by atoms with van der Waals surface area (Å²) in [6.07, 6.45) is -0.731. The molecular formula is C12H11N3O4. The monoisotopic (exact) mass is 261 g/mol. The van der Waals surface area contributed by atoms with Crippen LogP contribution in [0.1, 0.15) is 5.69 Å². The lowest BCUT2D eigenvalue weighted by atomic mass is 10.2. The number of aromatic nitrogens is 2. The first-order chi connectivity index (χ1) is 9.24. The molecule has 1 aromatic carbocycles. The first kappa shape index (κ1) is 11.5. The highest BCUT2D eigenvalue weighted by molar-refractivity contribution is 5.94. The van der Waals surface area contributed by atoms with Gasteiger partial charge in [-0.2, -0.15) is 0 Å². The van der Waals surface area contributed by atoms with Crippen molar-refractivity contribution in [3.05, 3.63) is 30.0 Å². The number of para-hydroxylation sites is 2. The van der Waals surface area contributed by atoms with Crippen LogP contribution in [0, 0.1) is 6.92 Å². The van der Waals surface area contributed by atoms with Crippen LogP contribution in [-0.4, -0.2) is 28.9 Å². The number of nitrogens with zero attached hydrogens (tertiary/aromatic N) is 2. The van der Waals surface area contributed by atoms with Gasteiger partial charge in [-0.15, -0.1) is 0 Å². The molecule has 0 radical (unpaired) electrons. The van der Waals surface area contributed by atoms with Gasteiger partial charge in [0.1, 0.15) is 12.3 Å². The van der Waals surface area contributed by atoms with Gasteiger partial charge < -0.3 is 14.8 Å². The molecule has 2 aromatic rings. The van der Waals surface area contributed by atoms with Crippen LogP contribution < -0.4 is 14.8 Å². The minimum Gasteiger partial charge on any atom is -0.485 e. The van der Waals surface area contributed by atoms with Crippen molar-refractivity contribution in [1.82, 2.24) is 10.3 Å². The molecule has 0 saturated carbocycles. The quantitative estimate of drug-likeness (QED) is 0.872. The molecule has 7 heteroatoms. The number of carbonyl (C=O) groups excluding carboxylic acids is 1. The van der Waals surface area contributed by atoms with E-state index in [0.717, 1.165) is 0 Å². The topological polar surface area (TPSA) is 86.5 Å². The van der Waals surface area contributed by atoms with Crippen molar-refractivity contribution in [3.8, 4) is 11.5 Å². The smallest absolute Gasteiger partial charge is 0.270 e. The van der Waals surface area contributed by atoms with Crippen LogP contribution in [0.5, 0.6) is 11.5 Å². The lowest BCUT2D eigenvalue weighted by Crippen LogP contribution is -2.40. The molecule has 1 aliphatic rings. The molecule has 3 rings (SSSR count). The first-order valence-electron chi connectivity index (χ1n) is 5.72. The molecule has 1 N–H and O–H groups in total. The van der Waals surface area contributed by atoms with Crippen molar-refractivity contribution in [2.24, 2.45) is 0 Å². The van der Waals surface area contributed by atoms with Crippen LogP contribution in [0.15, 0.2) is 28.9 Å². The van der Waals surface area contributed by atoms with Gasteiger partial charge >= 0.3 is 0 Å². The summed E-state index contributed by atoms with van der Waals surface area (Å²) in [6, 6.07) is 7.19. The summed E-state index contributed by atoms with van der Waals surface area (Å²) in [6.45, 7) is 1.83. The summed E-state index contributed by atoms with van der Waals surface area (Å²) in [4.78, 5) is 12.0. The largest absolute Gasteiger partial charge is 0.485 e. The number of amides is 1. The average molecular weight is 261 g/mol. The van der Waals surface area contributed by atoms with Crippen molar-refractivity contribution in [2.45, 2.75) is 13.0 Å². The molecule has 0 unspecified atom stereocenters.